The summed E-state index contributed by atoms with van der Waals surface area (Å²) in [5, 5.41) is 3.26. The number of sulfonamides is 1. The maximum atomic E-state index is 14.2. The lowest BCUT2D eigenvalue weighted by Crippen LogP contribution is -2.55. The normalized spacial score (nSPS) is 12.3. The van der Waals surface area contributed by atoms with Gasteiger partial charge in [0.2, 0.25) is 11.8 Å². The third kappa shape index (κ3) is 8.39. The monoisotopic (exact) mass is 615 g/mol. The third-order valence-electron chi connectivity index (χ3n) is 6.42. The van der Waals surface area contributed by atoms with E-state index in [4.69, 9.17) is 21.1 Å². The Hall–Kier alpha value is -3.76. The molecule has 0 aliphatic heterocycles. The molecule has 0 bridgehead atoms. The number of nitrogens with one attached hydrogen (secondary N) is 1. The van der Waals surface area contributed by atoms with Crippen LogP contribution in [0.25, 0.3) is 0 Å². The Balaban J connectivity index is 2.07. The Morgan fingerprint density at radius 2 is 1.50 bits per heavy atom. The van der Waals surface area contributed by atoms with Crippen LogP contribution in [-0.2, 0) is 26.2 Å². The first-order chi connectivity index (χ1) is 19.8. The maximum Gasteiger partial charge on any atom is 0.264 e. The van der Waals surface area contributed by atoms with Crippen molar-refractivity contribution in [3.8, 4) is 11.5 Å². The Morgan fingerprint density at radius 1 is 0.929 bits per heavy atom. The van der Waals surface area contributed by atoms with Gasteiger partial charge in [0.05, 0.1) is 24.8 Å². The van der Waals surface area contributed by atoms with Crippen LogP contribution < -0.4 is 19.1 Å². The van der Waals surface area contributed by atoms with E-state index in [-0.39, 0.29) is 23.0 Å². The zero-order valence-corrected chi connectivity index (χ0v) is 26.3. The van der Waals surface area contributed by atoms with Gasteiger partial charge in [-0.15, -0.1) is 0 Å². The highest BCUT2D eigenvalue weighted by atomic mass is 35.5. The minimum Gasteiger partial charge on any atom is -0.497 e. The molecule has 1 atom stereocenters. The highest BCUT2D eigenvalue weighted by molar-refractivity contribution is 7.92. The van der Waals surface area contributed by atoms with Gasteiger partial charge in [0.15, 0.2) is 0 Å². The Bertz CT molecular complexity index is 1470. The number of hydrogen-bond donors (Lipinski definition) is 1. The van der Waals surface area contributed by atoms with Crippen molar-refractivity contribution < 1.29 is 27.5 Å². The molecule has 42 heavy (non-hydrogen) atoms. The summed E-state index contributed by atoms with van der Waals surface area (Å²) < 4.78 is 39.4. The molecule has 11 heteroatoms. The molecule has 0 heterocycles. The van der Waals surface area contributed by atoms with E-state index in [0.29, 0.717) is 22.9 Å². The number of ether oxygens (including phenoxy) is 2. The van der Waals surface area contributed by atoms with Crippen LogP contribution in [-0.4, -0.2) is 57.5 Å². The van der Waals surface area contributed by atoms with E-state index >= 15 is 0 Å². The van der Waals surface area contributed by atoms with Gasteiger partial charge < -0.3 is 19.7 Å². The molecule has 0 aliphatic rings. The summed E-state index contributed by atoms with van der Waals surface area (Å²) >= 11 is 6.24. The third-order valence-corrected chi connectivity index (χ3v) is 8.44. The van der Waals surface area contributed by atoms with Gasteiger partial charge in [0, 0.05) is 17.1 Å². The van der Waals surface area contributed by atoms with Crippen LogP contribution in [0.1, 0.15) is 39.7 Å². The minimum absolute atomic E-state index is 0.0321. The van der Waals surface area contributed by atoms with Gasteiger partial charge in [-0.3, -0.25) is 13.9 Å². The highest BCUT2D eigenvalue weighted by Crippen LogP contribution is 2.28. The quantitative estimate of drug-likeness (QED) is 0.297. The van der Waals surface area contributed by atoms with Gasteiger partial charge >= 0.3 is 0 Å². The fraction of sp³-hybridized carbons (Fsp3) is 0.355. The molecule has 0 radical (unpaired) electrons. The van der Waals surface area contributed by atoms with Crippen molar-refractivity contribution >= 4 is 39.1 Å². The van der Waals surface area contributed by atoms with E-state index in [1.807, 2.05) is 27.7 Å². The van der Waals surface area contributed by atoms with Crippen LogP contribution in [0, 0.1) is 0 Å². The Morgan fingerprint density at radius 3 is 2.00 bits per heavy atom. The molecule has 0 saturated carbocycles. The van der Waals surface area contributed by atoms with E-state index in [1.54, 1.807) is 49.6 Å². The highest BCUT2D eigenvalue weighted by Gasteiger charge is 2.34. The van der Waals surface area contributed by atoms with Gasteiger partial charge in [-0.05, 0) is 87.4 Å². The molecule has 3 aromatic rings. The second kappa shape index (κ2) is 13.9. The summed E-state index contributed by atoms with van der Waals surface area (Å²) in [6, 6.07) is 18.4. The van der Waals surface area contributed by atoms with Crippen LogP contribution in [0.5, 0.6) is 11.5 Å². The average Bonchev–Trinajstić information content (AvgIpc) is 2.95. The molecular weight excluding hydrogens is 578 g/mol. The molecule has 0 saturated heterocycles. The molecule has 3 aromatic carbocycles. The van der Waals surface area contributed by atoms with Crippen LogP contribution in [0.15, 0.2) is 77.7 Å². The number of rotatable bonds is 12. The molecule has 2 amide bonds. The lowest BCUT2D eigenvalue weighted by Gasteiger charge is -2.34. The molecule has 9 nitrogen and oxygen atoms in total. The van der Waals surface area contributed by atoms with E-state index in [0.717, 1.165) is 9.87 Å². The number of halogens is 1. The summed E-state index contributed by atoms with van der Waals surface area (Å²) in [6.07, 6.45) is 0.312. The topological polar surface area (TPSA) is 105 Å². The number of benzene rings is 3. The zero-order valence-electron chi connectivity index (χ0n) is 24.8. The maximum absolute atomic E-state index is 14.2. The second-order valence-corrected chi connectivity index (χ2v) is 13.0. The van der Waals surface area contributed by atoms with Gasteiger partial charge in [-0.25, -0.2) is 8.42 Å². The van der Waals surface area contributed by atoms with E-state index in [2.05, 4.69) is 5.32 Å². The number of carbonyl (C=O) groups excluding carboxylic acids is 2. The average molecular weight is 616 g/mol. The molecule has 0 aliphatic carbocycles. The summed E-state index contributed by atoms with van der Waals surface area (Å²) in [5.74, 6) is 0.241. The minimum atomic E-state index is -4.23. The number of amides is 2. The summed E-state index contributed by atoms with van der Waals surface area (Å²) in [4.78, 5) is 29.0. The summed E-state index contributed by atoms with van der Waals surface area (Å²) in [7, 11) is -1.19. The van der Waals surface area contributed by atoms with Crippen molar-refractivity contribution in [2.75, 3.05) is 25.1 Å². The van der Waals surface area contributed by atoms with Crippen molar-refractivity contribution in [3.05, 3.63) is 83.4 Å². The molecule has 0 unspecified atom stereocenters. The first-order valence-electron chi connectivity index (χ1n) is 13.5. The van der Waals surface area contributed by atoms with Crippen molar-refractivity contribution in [2.45, 2.75) is 57.1 Å². The number of methoxy groups -OCH3 is 2. The zero-order chi connectivity index (χ0) is 31.1. The first kappa shape index (κ1) is 32.8. The van der Waals surface area contributed by atoms with Gasteiger partial charge in [0.25, 0.3) is 10.0 Å². The number of nitrogens with zero attached hydrogens (tertiary/aromatic N) is 2. The lowest BCUT2D eigenvalue weighted by molar-refractivity contribution is -0.141. The predicted molar refractivity (Wildman–Crippen MR) is 164 cm³/mol. The standard InChI is InChI=1S/C31H38ClN3O6S/c1-7-28(30(37)33-31(2,3)4)34(20-22-11-13-25(40-5)14-12-22)29(36)21-35(24-10-8-9-23(32)19-24)42(38,39)27-17-15-26(41-6)16-18-27/h8-19,28H,7,20-21H2,1-6H3,(H,33,37)/t28-/m1/s1. The Labute approximate surface area is 253 Å². The molecule has 3 rings (SSSR count). The first-order valence-corrected chi connectivity index (χ1v) is 15.3. The SMILES string of the molecule is CC[C@H](C(=O)NC(C)(C)C)N(Cc1ccc(OC)cc1)C(=O)CN(c1cccc(Cl)c1)S(=O)(=O)c1ccc(OC)cc1. The van der Waals surface area contributed by atoms with E-state index in [1.165, 1.54) is 42.3 Å². The van der Waals surface area contributed by atoms with Crippen LogP contribution in [0.2, 0.25) is 5.02 Å². The summed E-state index contributed by atoms with van der Waals surface area (Å²) in [6.45, 7) is 6.89. The number of anilines is 1. The molecule has 0 fully saturated rings. The number of hydrogen-bond acceptors (Lipinski definition) is 6. The number of carbonyl (C=O) groups is 2. The fourth-order valence-electron chi connectivity index (χ4n) is 4.33. The van der Waals surface area contributed by atoms with Crippen molar-refractivity contribution in [2.24, 2.45) is 0 Å². The molecule has 1 N–H and O–H groups in total. The van der Waals surface area contributed by atoms with Gasteiger partial charge in [-0.2, -0.15) is 0 Å². The fourth-order valence-corrected chi connectivity index (χ4v) is 5.93. The Kier molecular flexibility index (Phi) is 10.9. The largest absolute Gasteiger partial charge is 0.497 e. The molecule has 0 spiro atoms. The van der Waals surface area contributed by atoms with E-state index < -0.39 is 34.1 Å². The summed E-state index contributed by atoms with van der Waals surface area (Å²) in [5.41, 5.74) is 0.422. The predicted octanol–water partition coefficient (Wildman–Crippen LogP) is 5.27. The van der Waals surface area contributed by atoms with Crippen molar-refractivity contribution in [3.63, 3.8) is 0 Å². The van der Waals surface area contributed by atoms with Gasteiger partial charge in [0.1, 0.15) is 24.1 Å². The molecule has 226 valence electrons. The van der Waals surface area contributed by atoms with Gasteiger partial charge in [-0.1, -0.05) is 36.7 Å². The van der Waals surface area contributed by atoms with Crippen molar-refractivity contribution in [1.29, 1.82) is 0 Å². The van der Waals surface area contributed by atoms with E-state index in [9.17, 15) is 18.0 Å². The van der Waals surface area contributed by atoms with Crippen LogP contribution >= 0.6 is 11.6 Å². The second-order valence-electron chi connectivity index (χ2n) is 10.7. The van der Waals surface area contributed by atoms with Crippen LogP contribution in [0.4, 0.5) is 5.69 Å². The molecular formula is C31H38ClN3O6S. The molecule has 0 aromatic heterocycles. The lowest BCUT2D eigenvalue weighted by atomic mass is 10.1. The van der Waals surface area contributed by atoms with Crippen LogP contribution in [0.3, 0.4) is 0 Å². The smallest absolute Gasteiger partial charge is 0.264 e. The van der Waals surface area contributed by atoms with Crippen molar-refractivity contribution in [1.82, 2.24) is 10.2 Å².